The number of hydrogen-bond donors (Lipinski definition) is 1. The molecule has 1 amide bonds. The van der Waals surface area contributed by atoms with Crippen LogP contribution in [0.5, 0.6) is 5.75 Å². The lowest BCUT2D eigenvalue weighted by Crippen LogP contribution is -2.15. The van der Waals surface area contributed by atoms with E-state index in [1.807, 2.05) is 6.92 Å². The fraction of sp³-hybridized carbons (Fsp3) is 0.273. The summed E-state index contributed by atoms with van der Waals surface area (Å²) in [5, 5.41) is 7.41. The van der Waals surface area contributed by atoms with Crippen molar-refractivity contribution in [2.45, 2.75) is 20.0 Å². The van der Waals surface area contributed by atoms with Crippen LogP contribution >= 0.6 is 11.6 Å². The average Bonchev–Trinajstić information content (AvgIpc) is 3.01. The van der Waals surface area contributed by atoms with Gasteiger partial charge in [-0.3, -0.25) is 4.79 Å². The van der Waals surface area contributed by atoms with Gasteiger partial charge in [-0.15, -0.1) is 0 Å². The van der Waals surface area contributed by atoms with Gasteiger partial charge in [-0.05, 0) is 56.3 Å². The van der Waals surface area contributed by atoms with Gasteiger partial charge in [-0.1, -0.05) is 11.6 Å². The van der Waals surface area contributed by atoms with Crippen molar-refractivity contribution in [3.63, 3.8) is 0 Å². The molecule has 0 atom stereocenters. The molecule has 1 heterocycles. The number of alkyl halides is 3. The van der Waals surface area contributed by atoms with Gasteiger partial charge in [-0.2, -0.15) is 18.3 Å². The largest absolute Gasteiger partial charge is 0.489 e. The number of nitrogens with zero attached hydrogens (tertiary/aromatic N) is 2. The number of nitrogens with one attached hydrogen (secondary N) is 1. The number of aromatic nitrogens is 2. The Morgan fingerprint density at radius 1 is 1.12 bits per heavy atom. The Kier molecular flexibility index (Phi) is 7.10. The molecule has 3 rings (SSSR count). The molecule has 6 nitrogen and oxygen atoms in total. The van der Waals surface area contributed by atoms with Gasteiger partial charge in [0, 0.05) is 12.7 Å². The van der Waals surface area contributed by atoms with Crippen LogP contribution in [0.3, 0.4) is 0 Å². The zero-order valence-electron chi connectivity index (χ0n) is 17.6. The van der Waals surface area contributed by atoms with Crippen LogP contribution in [0.1, 0.15) is 27.3 Å². The second kappa shape index (κ2) is 9.62. The van der Waals surface area contributed by atoms with Gasteiger partial charge in [0.15, 0.2) is 0 Å². The van der Waals surface area contributed by atoms with E-state index in [1.54, 1.807) is 35.9 Å². The minimum absolute atomic E-state index is 0.0877. The summed E-state index contributed by atoms with van der Waals surface area (Å²) in [5.74, 6) is -0.476. The predicted molar refractivity (Wildman–Crippen MR) is 115 cm³/mol. The van der Waals surface area contributed by atoms with E-state index in [0.717, 1.165) is 17.8 Å². The molecule has 170 valence electrons. The maximum atomic E-state index is 13.1. The number of carbonyl (C=O) groups is 1. The first-order chi connectivity index (χ1) is 15.1. The molecule has 0 spiro atoms. The molecule has 0 saturated carbocycles. The van der Waals surface area contributed by atoms with Crippen LogP contribution in [0.4, 0.5) is 18.9 Å². The Hall–Kier alpha value is -3.04. The van der Waals surface area contributed by atoms with E-state index in [-0.39, 0.29) is 30.2 Å². The third kappa shape index (κ3) is 5.23. The predicted octanol–water partition coefficient (Wildman–Crippen LogP) is 5.44. The molecule has 0 unspecified atom stereocenters. The Morgan fingerprint density at radius 2 is 1.81 bits per heavy atom. The first-order valence-corrected chi connectivity index (χ1v) is 9.96. The molecule has 2 aromatic carbocycles. The van der Waals surface area contributed by atoms with E-state index in [9.17, 15) is 18.0 Å². The van der Waals surface area contributed by atoms with Crippen LogP contribution in [-0.4, -0.2) is 36.0 Å². The van der Waals surface area contributed by atoms with Crippen LogP contribution in [0, 0.1) is 13.8 Å². The van der Waals surface area contributed by atoms with E-state index in [2.05, 4.69) is 10.4 Å². The van der Waals surface area contributed by atoms with Crippen molar-refractivity contribution in [3.05, 3.63) is 70.0 Å². The van der Waals surface area contributed by atoms with E-state index in [1.165, 1.54) is 13.2 Å². The van der Waals surface area contributed by atoms with Gasteiger partial charge in [0.2, 0.25) is 0 Å². The third-order valence-electron chi connectivity index (χ3n) is 4.68. The molecule has 3 aromatic rings. The lowest BCUT2D eigenvalue weighted by Gasteiger charge is -2.15. The summed E-state index contributed by atoms with van der Waals surface area (Å²) in [7, 11) is 1.47. The number of benzene rings is 2. The topological polar surface area (TPSA) is 65.4 Å². The first kappa shape index (κ1) is 23.6. The SMILES string of the molecule is COCCOc1ccc(C(F)(F)F)cc1NC(=O)c1ccc(-n2nc(C)c(Cl)c2C)cc1. The molecule has 10 heteroatoms. The van der Waals surface area contributed by atoms with Gasteiger partial charge in [0.1, 0.15) is 12.4 Å². The number of methoxy groups -OCH3 is 1. The fourth-order valence-electron chi connectivity index (χ4n) is 2.99. The highest BCUT2D eigenvalue weighted by molar-refractivity contribution is 6.31. The maximum Gasteiger partial charge on any atom is 0.416 e. The summed E-state index contributed by atoms with van der Waals surface area (Å²) in [5.41, 5.74) is 1.39. The Morgan fingerprint density at radius 3 is 2.38 bits per heavy atom. The van der Waals surface area contributed by atoms with Crippen molar-refractivity contribution in [2.24, 2.45) is 0 Å². The smallest absolute Gasteiger partial charge is 0.416 e. The molecular weight excluding hydrogens is 447 g/mol. The summed E-state index contributed by atoms with van der Waals surface area (Å²) in [6.07, 6.45) is -4.56. The lowest BCUT2D eigenvalue weighted by atomic mass is 10.1. The number of aryl methyl sites for hydroxylation is 1. The van der Waals surface area contributed by atoms with Gasteiger partial charge in [-0.25, -0.2) is 4.68 Å². The summed E-state index contributed by atoms with van der Waals surface area (Å²) >= 11 is 6.18. The van der Waals surface area contributed by atoms with Crippen LogP contribution < -0.4 is 10.1 Å². The summed E-state index contributed by atoms with van der Waals surface area (Å²) < 4.78 is 51.4. The number of halogens is 4. The van der Waals surface area contributed by atoms with Crippen LogP contribution in [0.25, 0.3) is 5.69 Å². The zero-order valence-corrected chi connectivity index (χ0v) is 18.3. The fourth-order valence-corrected chi connectivity index (χ4v) is 3.11. The Balaban J connectivity index is 1.84. The van der Waals surface area contributed by atoms with Crippen LogP contribution in [-0.2, 0) is 10.9 Å². The van der Waals surface area contributed by atoms with Gasteiger partial charge in [0.25, 0.3) is 5.91 Å². The maximum absolute atomic E-state index is 13.1. The molecule has 32 heavy (non-hydrogen) atoms. The minimum atomic E-state index is -4.56. The van der Waals surface area contributed by atoms with Crippen LogP contribution in [0.15, 0.2) is 42.5 Å². The number of ether oxygens (including phenoxy) is 2. The van der Waals surface area contributed by atoms with E-state index < -0.39 is 17.6 Å². The Labute approximate surface area is 187 Å². The third-order valence-corrected chi connectivity index (χ3v) is 5.22. The van der Waals surface area contributed by atoms with Crippen molar-refractivity contribution in [2.75, 3.05) is 25.6 Å². The number of rotatable bonds is 7. The molecule has 0 aliphatic rings. The highest BCUT2D eigenvalue weighted by Gasteiger charge is 2.31. The molecule has 1 aromatic heterocycles. The van der Waals surface area contributed by atoms with Crippen molar-refractivity contribution >= 4 is 23.2 Å². The molecule has 0 aliphatic carbocycles. The van der Waals surface area contributed by atoms with E-state index in [0.29, 0.717) is 16.4 Å². The highest BCUT2D eigenvalue weighted by atomic mass is 35.5. The standard InChI is InChI=1S/C22H21ClF3N3O3/c1-13-20(23)14(2)29(28-13)17-7-4-15(5-8-17)21(30)27-18-12-16(22(24,25)26)6-9-19(18)32-11-10-31-3/h4-9,12H,10-11H2,1-3H3,(H,27,30). The molecule has 0 fully saturated rings. The molecule has 0 radical (unpaired) electrons. The van der Waals surface area contributed by atoms with Crippen molar-refractivity contribution in [3.8, 4) is 11.4 Å². The van der Waals surface area contributed by atoms with Crippen molar-refractivity contribution in [1.29, 1.82) is 0 Å². The molecule has 0 bridgehead atoms. The highest BCUT2D eigenvalue weighted by Crippen LogP contribution is 2.35. The van der Waals surface area contributed by atoms with Gasteiger partial charge in [0.05, 0.1) is 40.0 Å². The molecule has 0 aliphatic heterocycles. The number of hydrogen-bond acceptors (Lipinski definition) is 4. The second-order valence-corrected chi connectivity index (χ2v) is 7.33. The van der Waals surface area contributed by atoms with Crippen LogP contribution in [0.2, 0.25) is 5.02 Å². The van der Waals surface area contributed by atoms with Crippen molar-refractivity contribution < 1.29 is 27.4 Å². The summed E-state index contributed by atoms with van der Waals surface area (Å²) in [6, 6.07) is 9.35. The molecule has 0 saturated heterocycles. The normalized spacial score (nSPS) is 11.5. The second-order valence-electron chi connectivity index (χ2n) is 6.95. The number of amides is 1. The monoisotopic (exact) mass is 467 g/mol. The Bertz CT molecular complexity index is 1110. The molecule has 1 N–H and O–H groups in total. The van der Waals surface area contributed by atoms with Gasteiger partial charge >= 0.3 is 6.18 Å². The quantitative estimate of drug-likeness (QED) is 0.470. The number of anilines is 1. The van der Waals surface area contributed by atoms with Crippen molar-refractivity contribution in [1.82, 2.24) is 9.78 Å². The number of carbonyl (C=O) groups excluding carboxylic acids is 1. The minimum Gasteiger partial charge on any atom is -0.489 e. The molecular formula is C22H21ClF3N3O3. The first-order valence-electron chi connectivity index (χ1n) is 9.58. The van der Waals surface area contributed by atoms with E-state index >= 15 is 0 Å². The van der Waals surface area contributed by atoms with E-state index in [4.69, 9.17) is 21.1 Å². The lowest BCUT2D eigenvalue weighted by molar-refractivity contribution is -0.137. The summed E-state index contributed by atoms with van der Waals surface area (Å²) in [6.45, 7) is 3.97. The van der Waals surface area contributed by atoms with Gasteiger partial charge < -0.3 is 14.8 Å². The summed E-state index contributed by atoms with van der Waals surface area (Å²) in [4.78, 5) is 12.7. The zero-order chi connectivity index (χ0) is 23.5. The average molecular weight is 468 g/mol.